The molecule has 0 bridgehead atoms. The van der Waals surface area contributed by atoms with Gasteiger partial charge in [-0.15, -0.1) is 10.2 Å². The highest BCUT2D eigenvalue weighted by atomic mass is 19.1. The van der Waals surface area contributed by atoms with Crippen LogP contribution in [-0.4, -0.2) is 29.4 Å². The zero-order valence-electron chi connectivity index (χ0n) is 15.7. The van der Waals surface area contributed by atoms with Crippen molar-refractivity contribution in [2.75, 3.05) is 18.5 Å². The van der Waals surface area contributed by atoms with Gasteiger partial charge in [-0.2, -0.15) is 0 Å². The van der Waals surface area contributed by atoms with Crippen molar-refractivity contribution in [2.24, 2.45) is 0 Å². The van der Waals surface area contributed by atoms with Gasteiger partial charge in [-0.05, 0) is 61.4 Å². The molecule has 0 aliphatic carbocycles. The molecule has 0 unspecified atom stereocenters. The third-order valence-corrected chi connectivity index (χ3v) is 4.27. The molecule has 6 nitrogen and oxygen atoms in total. The van der Waals surface area contributed by atoms with E-state index in [9.17, 15) is 9.18 Å². The number of anilines is 1. The van der Waals surface area contributed by atoms with Gasteiger partial charge in [-0.3, -0.25) is 0 Å². The van der Waals surface area contributed by atoms with Gasteiger partial charge in [-0.25, -0.2) is 9.18 Å². The average Bonchev–Trinajstić information content (AvgIpc) is 2.70. The number of amides is 2. The molecule has 0 aliphatic rings. The number of hydrogen-bond donors (Lipinski definition) is 2. The van der Waals surface area contributed by atoms with Crippen molar-refractivity contribution in [3.05, 3.63) is 71.5 Å². The lowest BCUT2D eigenvalue weighted by Gasteiger charge is -2.11. The Bertz CT molecular complexity index is 944. The first-order valence-electron chi connectivity index (χ1n) is 8.86. The van der Waals surface area contributed by atoms with Crippen molar-refractivity contribution in [1.29, 1.82) is 0 Å². The second kappa shape index (κ2) is 8.94. The number of carbonyl (C=O) groups excluding carboxylic acids is 1. The van der Waals surface area contributed by atoms with Crippen LogP contribution in [-0.2, 0) is 0 Å². The Kier molecular flexibility index (Phi) is 6.16. The molecular weight excluding hydrogens is 359 g/mol. The molecule has 0 aliphatic heterocycles. The third kappa shape index (κ3) is 5.03. The summed E-state index contributed by atoms with van der Waals surface area (Å²) in [6.45, 7) is 4.53. The number of ether oxygens (including phenoxy) is 1. The Morgan fingerprint density at radius 1 is 1.04 bits per heavy atom. The first-order chi connectivity index (χ1) is 13.5. The van der Waals surface area contributed by atoms with Gasteiger partial charge in [0.25, 0.3) is 0 Å². The Balaban J connectivity index is 1.44. The largest absolute Gasteiger partial charge is 0.475 e. The Hall–Kier alpha value is -3.48. The van der Waals surface area contributed by atoms with Crippen LogP contribution >= 0.6 is 0 Å². The van der Waals surface area contributed by atoms with E-state index in [-0.39, 0.29) is 18.5 Å². The minimum Gasteiger partial charge on any atom is -0.475 e. The van der Waals surface area contributed by atoms with E-state index in [0.717, 1.165) is 22.4 Å². The van der Waals surface area contributed by atoms with E-state index in [1.54, 1.807) is 24.3 Å². The minimum absolute atomic E-state index is 0.255. The van der Waals surface area contributed by atoms with Gasteiger partial charge < -0.3 is 15.4 Å². The maximum atomic E-state index is 13.0. The van der Waals surface area contributed by atoms with Crippen molar-refractivity contribution in [1.82, 2.24) is 15.5 Å². The molecule has 3 rings (SSSR count). The van der Waals surface area contributed by atoms with E-state index in [4.69, 9.17) is 4.74 Å². The summed E-state index contributed by atoms with van der Waals surface area (Å²) in [4.78, 5) is 12.0. The third-order valence-electron chi connectivity index (χ3n) is 4.27. The number of rotatable bonds is 6. The van der Waals surface area contributed by atoms with Crippen LogP contribution in [0, 0.1) is 19.7 Å². The van der Waals surface area contributed by atoms with E-state index < -0.39 is 0 Å². The van der Waals surface area contributed by atoms with Crippen molar-refractivity contribution < 1.29 is 13.9 Å². The number of hydrogen-bond acceptors (Lipinski definition) is 4. The molecule has 0 saturated carbocycles. The summed E-state index contributed by atoms with van der Waals surface area (Å²) in [7, 11) is 0. The maximum Gasteiger partial charge on any atom is 0.319 e. The molecule has 0 radical (unpaired) electrons. The Morgan fingerprint density at radius 2 is 1.82 bits per heavy atom. The van der Waals surface area contributed by atoms with Crippen LogP contribution in [0.1, 0.15) is 11.1 Å². The predicted molar refractivity (Wildman–Crippen MR) is 106 cm³/mol. The number of nitrogens with one attached hydrogen (secondary N) is 2. The van der Waals surface area contributed by atoms with Crippen LogP contribution < -0.4 is 15.4 Å². The second-order valence-corrected chi connectivity index (χ2v) is 6.24. The number of urea groups is 1. The first kappa shape index (κ1) is 19.3. The van der Waals surface area contributed by atoms with E-state index >= 15 is 0 Å². The summed E-state index contributed by atoms with van der Waals surface area (Å²) in [5.41, 5.74) is 4.32. The molecule has 0 fully saturated rings. The van der Waals surface area contributed by atoms with Crippen LogP contribution in [0.15, 0.2) is 54.6 Å². The summed E-state index contributed by atoms with van der Waals surface area (Å²) in [6, 6.07) is 14.9. The molecule has 2 amide bonds. The van der Waals surface area contributed by atoms with Gasteiger partial charge in [0.15, 0.2) is 0 Å². The van der Waals surface area contributed by atoms with Crippen LogP contribution in [0.2, 0.25) is 0 Å². The number of carbonyl (C=O) groups is 1. The summed E-state index contributed by atoms with van der Waals surface area (Å²) in [5, 5.41) is 13.6. The molecule has 0 saturated heterocycles. The molecule has 2 N–H and O–H groups in total. The highest BCUT2D eigenvalue weighted by Crippen LogP contribution is 2.18. The Labute approximate surface area is 162 Å². The van der Waals surface area contributed by atoms with Gasteiger partial charge in [0.05, 0.1) is 12.2 Å². The number of halogens is 1. The average molecular weight is 380 g/mol. The molecule has 3 aromatic rings. The highest BCUT2D eigenvalue weighted by molar-refractivity contribution is 5.90. The molecule has 1 aromatic heterocycles. The minimum atomic E-state index is -0.300. The quantitative estimate of drug-likeness (QED) is 0.631. The van der Waals surface area contributed by atoms with Gasteiger partial charge >= 0.3 is 6.03 Å². The summed E-state index contributed by atoms with van der Waals surface area (Å²) < 4.78 is 18.4. The van der Waals surface area contributed by atoms with Crippen molar-refractivity contribution >= 4 is 11.7 Å². The fraction of sp³-hybridized carbons (Fsp3) is 0.190. The predicted octanol–water partition coefficient (Wildman–Crippen LogP) is 4.10. The van der Waals surface area contributed by atoms with Crippen LogP contribution in [0.5, 0.6) is 5.88 Å². The number of benzene rings is 2. The van der Waals surface area contributed by atoms with Gasteiger partial charge in [0, 0.05) is 17.3 Å². The van der Waals surface area contributed by atoms with E-state index in [1.807, 2.05) is 32.0 Å². The van der Waals surface area contributed by atoms with E-state index in [0.29, 0.717) is 18.1 Å². The molecule has 28 heavy (non-hydrogen) atoms. The van der Waals surface area contributed by atoms with Crippen LogP contribution in [0.3, 0.4) is 0 Å². The normalized spacial score (nSPS) is 10.4. The smallest absolute Gasteiger partial charge is 0.319 e. The molecule has 1 heterocycles. The molecule has 0 atom stereocenters. The van der Waals surface area contributed by atoms with Gasteiger partial charge in [0.1, 0.15) is 12.4 Å². The lowest BCUT2D eigenvalue weighted by atomic mass is 10.1. The van der Waals surface area contributed by atoms with E-state index in [2.05, 4.69) is 20.8 Å². The number of aryl methyl sites for hydroxylation is 1. The molecule has 7 heteroatoms. The molecular formula is C21H21FN4O2. The zero-order chi connectivity index (χ0) is 19.9. The zero-order valence-corrected chi connectivity index (χ0v) is 15.7. The van der Waals surface area contributed by atoms with Gasteiger partial charge in [-0.1, -0.05) is 12.1 Å². The van der Waals surface area contributed by atoms with Crippen molar-refractivity contribution in [3.8, 4) is 17.1 Å². The monoisotopic (exact) mass is 380 g/mol. The number of aromatic nitrogens is 2. The van der Waals surface area contributed by atoms with Crippen molar-refractivity contribution in [2.45, 2.75) is 13.8 Å². The molecule has 144 valence electrons. The summed E-state index contributed by atoms with van der Waals surface area (Å²) in [6.07, 6.45) is 0. The molecule has 2 aromatic carbocycles. The topological polar surface area (TPSA) is 76.1 Å². The molecule has 0 spiro atoms. The van der Waals surface area contributed by atoms with Crippen LogP contribution in [0.25, 0.3) is 11.3 Å². The SMILES string of the molecule is Cc1cccc(NC(=O)NCCOc2ccc(-c3ccc(F)cc3)nn2)c1C. The lowest BCUT2D eigenvalue weighted by molar-refractivity contribution is 0.246. The highest BCUT2D eigenvalue weighted by Gasteiger charge is 2.06. The second-order valence-electron chi connectivity index (χ2n) is 6.24. The van der Waals surface area contributed by atoms with Gasteiger partial charge in [0.2, 0.25) is 5.88 Å². The fourth-order valence-corrected chi connectivity index (χ4v) is 2.54. The number of nitrogens with zero attached hydrogens (tertiary/aromatic N) is 2. The Morgan fingerprint density at radius 3 is 2.54 bits per heavy atom. The van der Waals surface area contributed by atoms with Crippen molar-refractivity contribution in [3.63, 3.8) is 0 Å². The fourth-order valence-electron chi connectivity index (χ4n) is 2.54. The standard InChI is InChI=1S/C21H21FN4O2/c1-14-4-3-5-18(15(14)2)24-21(27)23-12-13-28-20-11-10-19(25-26-20)16-6-8-17(22)9-7-16/h3-11H,12-13H2,1-2H3,(H2,23,24,27). The first-order valence-corrected chi connectivity index (χ1v) is 8.86. The lowest BCUT2D eigenvalue weighted by Crippen LogP contribution is -2.32. The summed E-state index contributed by atoms with van der Waals surface area (Å²) in [5.74, 6) is 0.0494. The maximum absolute atomic E-state index is 13.0. The van der Waals surface area contributed by atoms with E-state index in [1.165, 1.54) is 12.1 Å². The summed E-state index contributed by atoms with van der Waals surface area (Å²) >= 11 is 0. The van der Waals surface area contributed by atoms with Crippen LogP contribution in [0.4, 0.5) is 14.9 Å².